The number of amides is 1. The summed E-state index contributed by atoms with van der Waals surface area (Å²) in [5.74, 6) is 1.20. The molecular formula is C22H27N3O. The number of para-hydroxylation sites is 2. The summed E-state index contributed by atoms with van der Waals surface area (Å²) in [5, 5.41) is 3.04. The summed E-state index contributed by atoms with van der Waals surface area (Å²) in [6, 6.07) is 16.3. The maximum absolute atomic E-state index is 12.2. The number of hydrogen-bond acceptors (Lipinski definition) is 2. The summed E-state index contributed by atoms with van der Waals surface area (Å²) in [4.78, 5) is 16.9. The second-order valence-electron chi connectivity index (χ2n) is 6.73. The lowest BCUT2D eigenvalue weighted by Gasteiger charge is -2.09. The van der Waals surface area contributed by atoms with Gasteiger partial charge in [-0.3, -0.25) is 4.79 Å². The Morgan fingerprint density at radius 1 is 1.12 bits per heavy atom. The third kappa shape index (κ3) is 4.31. The predicted octanol–water partition coefficient (Wildman–Crippen LogP) is 4.05. The van der Waals surface area contributed by atoms with Gasteiger partial charge in [0.1, 0.15) is 5.82 Å². The monoisotopic (exact) mass is 349 g/mol. The number of nitrogens with one attached hydrogen (secondary N) is 1. The number of nitrogens with zero attached hydrogens (tertiary/aromatic N) is 2. The minimum absolute atomic E-state index is 0.0846. The molecule has 0 bridgehead atoms. The number of carbonyl (C=O) groups excluding carboxylic acids is 1. The fourth-order valence-electron chi connectivity index (χ4n) is 3.31. The molecule has 0 saturated carbocycles. The highest BCUT2D eigenvalue weighted by Crippen LogP contribution is 2.17. The highest BCUT2D eigenvalue weighted by molar-refractivity contribution is 5.79. The zero-order valence-corrected chi connectivity index (χ0v) is 15.7. The lowest BCUT2D eigenvalue weighted by atomic mass is 10.1. The van der Waals surface area contributed by atoms with Gasteiger partial charge in [-0.25, -0.2) is 4.98 Å². The molecular weight excluding hydrogens is 322 g/mol. The zero-order chi connectivity index (χ0) is 18.4. The van der Waals surface area contributed by atoms with Crippen LogP contribution in [0.15, 0.2) is 48.5 Å². The van der Waals surface area contributed by atoms with Crippen molar-refractivity contribution in [3.63, 3.8) is 0 Å². The minimum atomic E-state index is 0.0846. The van der Waals surface area contributed by atoms with Crippen LogP contribution in [-0.4, -0.2) is 22.0 Å². The van der Waals surface area contributed by atoms with E-state index in [2.05, 4.69) is 35.0 Å². The molecule has 0 fully saturated rings. The van der Waals surface area contributed by atoms with Crippen LogP contribution in [-0.2, 0) is 24.2 Å². The van der Waals surface area contributed by atoms with Gasteiger partial charge in [0.2, 0.25) is 5.91 Å². The second-order valence-corrected chi connectivity index (χ2v) is 6.73. The molecule has 3 aromatic rings. The Morgan fingerprint density at radius 2 is 1.88 bits per heavy atom. The van der Waals surface area contributed by atoms with Crippen molar-refractivity contribution in [2.75, 3.05) is 6.54 Å². The fraction of sp³-hybridized carbons (Fsp3) is 0.364. The first-order chi connectivity index (χ1) is 12.7. The number of benzene rings is 2. The van der Waals surface area contributed by atoms with Gasteiger partial charge in [0.15, 0.2) is 0 Å². The van der Waals surface area contributed by atoms with Crippen molar-refractivity contribution < 1.29 is 4.79 Å². The highest BCUT2D eigenvalue weighted by atomic mass is 16.1. The molecule has 0 spiro atoms. The number of hydrogen-bond donors (Lipinski definition) is 1. The van der Waals surface area contributed by atoms with E-state index in [1.54, 1.807) is 0 Å². The van der Waals surface area contributed by atoms with Gasteiger partial charge < -0.3 is 9.88 Å². The molecule has 26 heavy (non-hydrogen) atoms. The Kier molecular flexibility index (Phi) is 6.05. The van der Waals surface area contributed by atoms with Gasteiger partial charge in [-0.1, -0.05) is 43.3 Å². The Labute approximate surface area is 155 Å². The molecule has 1 heterocycles. The summed E-state index contributed by atoms with van der Waals surface area (Å²) in [5.41, 5.74) is 4.51. The van der Waals surface area contributed by atoms with Crippen LogP contribution in [0.4, 0.5) is 0 Å². The van der Waals surface area contributed by atoms with Crippen LogP contribution >= 0.6 is 0 Å². The van der Waals surface area contributed by atoms with E-state index in [1.165, 1.54) is 5.52 Å². The Bertz CT molecular complexity index is 882. The second kappa shape index (κ2) is 8.65. The van der Waals surface area contributed by atoms with Crippen molar-refractivity contribution in [1.29, 1.82) is 0 Å². The van der Waals surface area contributed by atoms with E-state index in [9.17, 15) is 4.79 Å². The average molecular weight is 349 g/mol. The number of aromatic nitrogens is 2. The molecule has 0 unspecified atom stereocenters. The average Bonchev–Trinajstić information content (AvgIpc) is 2.99. The molecule has 0 aliphatic heterocycles. The first kappa shape index (κ1) is 18.2. The van der Waals surface area contributed by atoms with Gasteiger partial charge in [-0.05, 0) is 43.0 Å². The molecule has 0 aliphatic carbocycles. The molecule has 0 saturated heterocycles. The Balaban J connectivity index is 1.53. The quantitative estimate of drug-likeness (QED) is 0.624. The van der Waals surface area contributed by atoms with E-state index in [0.717, 1.165) is 48.3 Å². The summed E-state index contributed by atoms with van der Waals surface area (Å²) >= 11 is 0. The van der Waals surface area contributed by atoms with E-state index in [0.29, 0.717) is 13.0 Å². The Morgan fingerprint density at radius 3 is 2.69 bits per heavy atom. The topological polar surface area (TPSA) is 46.9 Å². The molecule has 1 amide bonds. The van der Waals surface area contributed by atoms with Crippen molar-refractivity contribution in [3.8, 4) is 0 Å². The van der Waals surface area contributed by atoms with Crippen molar-refractivity contribution in [3.05, 3.63) is 65.5 Å². The van der Waals surface area contributed by atoms with Crippen LogP contribution in [0.25, 0.3) is 11.0 Å². The fourth-order valence-corrected chi connectivity index (χ4v) is 3.31. The maximum atomic E-state index is 12.2. The van der Waals surface area contributed by atoms with Crippen LogP contribution in [0.3, 0.4) is 0 Å². The Hall–Kier alpha value is -2.62. The van der Waals surface area contributed by atoms with Crippen molar-refractivity contribution in [2.45, 2.75) is 46.1 Å². The molecule has 2 aromatic carbocycles. The van der Waals surface area contributed by atoms with Crippen molar-refractivity contribution >= 4 is 16.9 Å². The van der Waals surface area contributed by atoms with Crippen molar-refractivity contribution in [1.82, 2.24) is 14.9 Å². The van der Waals surface area contributed by atoms with E-state index in [1.807, 2.05) is 37.3 Å². The first-order valence-electron chi connectivity index (χ1n) is 9.44. The largest absolute Gasteiger partial charge is 0.356 e. The van der Waals surface area contributed by atoms with Crippen LogP contribution < -0.4 is 5.32 Å². The normalized spacial score (nSPS) is 11.0. The van der Waals surface area contributed by atoms with Gasteiger partial charge in [-0.2, -0.15) is 0 Å². The van der Waals surface area contributed by atoms with Crippen LogP contribution in [0.5, 0.6) is 0 Å². The smallest absolute Gasteiger partial charge is 0.224 e. The van der Waals surface area contributed by atoms with Crippen LogP contribution in [0.1, 0.15) is 36.7 Å². The predicted molar refractivity (Wildman–Crippen MR) is 106 cm³/mol. The molecule has 1 aromatic heterocycles. The minimum Gasteiger partial charge on any atom is -0.356 e. The van der Waals surface area contributed by atoms with E-state index >= 15 is 0 Å². The number of fused-ring (bicyclic) bond motifs is 1. The highest BCUT2D eigenvalue weighted by Gasteiger charge is 2.10. The third-order valence-corrected chi connectivity index (χ3v) is 4.69. The summed E-state index contributed by atoms with van der Waals surface area (Å²) in [6.45, 7) is 5.89. The molecule has 3 rings (SSSR count). The molecule has 136 valence electrons. The van der Waals surface area contributed by atoms with Gasteiger partial charge in [0.25, 0.3) is 0 Å². The third-order valence-electron chi connectivity index (χ3n) is 4.69. The number of rotatable bonds is 8. The van der Waals surface area contributed by atoms with Gasteiger partial charge in [-0.15, -0.1) is 0 Å². The van der Waals surface area contributed by atoms with E-state index in [4.69, 9.17) is 4.98 Å². The maximum Gasteiger partial charge on any atom is 0.224 e. The molecule has 0 radical (unpaired) electrons. The van der Waals surface area contributed by atoms with Crippen molar-refractivity contribution in [2.24, 2.45) is 0 Å². The molecule has 0 aliphatic rings. The van der Waals surface area contributed by atoms with Gasteiger partial charge in [0, 0.05) is 19.5 Å². The summed E-state index contributed by atoms with van der Waals surface area (Å²) in [6.07, 6.45) is 3.30. The van der Waals surface area contributed by atoms with E-state index in [-0.39, 0.29) is 5.91 Å². The molecule has 0 atom stereocenters. The lowest BCUT2D eigenvalue weighted by molar-refractivity contribution is -0.120. The SMILES string of the molecule is CCCn1c(CCCNC(=O)Cc2ccccc2C)nc2ccccc21. The van der Waals surface area contributed by atoms with Crippen LogP contribution in [0, 0.1) is 6.92 Å². The summed E-state index contributed by atoms with van der Waals surface area (Å²) < 4.78 is 2.31. The molecule has 1 N–H and O–H groups in total. The van der Waals surface area contributed by atoms with E-state index < -0.39 is 0 Å². The van der Waals surface area contributed by atoms with Gasteiger partial charge in [0.05, 0.1) is 17.5 Å². The number of imidazole rings is 1. The molecule has 4 heteroatoms. The first-order valence-corrected chi connectivity index (χ1v) is 9.44. The van der Waals surface area contributed by atoms with Gasteiger partial charge >= 0.3 is 0 Å². The summed E-state index contributed by atoms with van der Waals surface area (Å²) in [7, 11) is 0. The zero-order valence-electron chi connectivity index (χ0n) is 15.7. The number of carbonyl (C=O) groups is 1. The standard InChI is InChI=1S/C22H27N3O/c1-3-15-25-20-12-7-6-11-19(20)24-21(25)13-8-14-23-22(26)16-18-10-5-4-9-17(18)2/h4-7,9-12H,3,8,13-16H2,1-2H3,(H,23,26). The number of aryl methyl sites for hydroxylation is 3. The molecule has 4 nitrogen and oxygen atoms in total. The lowest BCUT2D eigenvalue weighted by Crippen LogP contribution is -2.26. The van der Waals surface area contributed by atoms with Crippen LogP contribution in [0.2, 0.25) is 0 Å².